The van der Waals surface area contributed by atoms with E-state index in [1.165, 1.54) is 13.0 Å². The van der Waals surface area contributed by atoms with Gasteiger partial charge in [0.15, 0.2) is 0 Å². The van der Waals surface area contributed by atoms with Gasteiger partial charge in [-0.15, -0.1) is 0 Å². The molecule has 0 aromatic heterocycles. The lowest BCUT2D eigenvalue weighted by atomic mass is 9.86. The van der Waals surface area contributed by atoms with Gasteiger partial charge in [0, 0.05) is 44.1 Å². The minimum absolute atomic E-state index is 0.00849. The monoisotopic (exact) mass is 374 g/mol. The predicted molar refractivity (Wildman–Crippen MR) is 86.3 cm³/mol. The van der Waals surface area contributed by atoms with Gasteiger partial charge < -0.3 is 9.80 Å². The van der Waals surface area contributed by atoms with Gasteiger partial charge >= 0.3 is 6.18 Å². The van der Waals surface area contributed by atoms with Crippen LogP contribution in [0.15, 0.2) is 18.2 Å². The summed E-state index contributed by atoms with van der Waals surface area (Å²) < 4.78 is 38.9. The van der Waals surface area contributed by atoms with Gasteiger partial charge in [-0.3, -0.25) is 9.59 Å². The lowest BCUT2D eigenvalue weighted by Gasteiger charge is -2.24. The van der Waals surface area contributed by atoms with Crippen molar-refractivity contribution in [2.24, 2.45) is 5.41 Å². The number of amides is 2. The van der Waals surface area contributed by atoms with E-state index >= 15 is 0 Å². The molecule has 0 N–H and O–H groups in total. The molecule has 3 rings (SSSR count). The fraction of sp³-hybridized carbons (Fsp3) is 0.529. The summed E-state index contributed by atoms with van der Waals surface area (Å²) in [6.07, 6.45) is -3.04. The number of benzene rings is 1. The molecule has 4 nitrogen and oxygen atoms in total. The molecule has 1 atom stereocenters. The largest absolute Gasteiger partial charge is 0.417 e. The second kappa shape index (κ2) is 6.20. The molecule has 2 saturated heterocycles. The van der Waals surface area contributed by atoms with Crippen molar-refractivity contribution in [3.05, 3.63) is 34.3 Å². The fourth-order valence-corrected chi connectivity index (χ4v) is 3.93. The smallest absolute Gasteiger partial charge is 0.342 e. The Labute approximate surface area is 148 Å². The lowest BCUT2D eigenvalue weighted by Crippen LogP contribution is -2.35. The van der Waals surface area contributed by atoms with Crippen LogP contribution in [-0.2, 0) is 11.0 Å². The summed E-state index contributed by atoms with van der Waals surface area (Å²) in [5.74, 6) is -0.422. The molecule has 0 radical (unpaired) electrons. The highest BCUT2D eigenvalue weighted by molar-refractivity contribution is 6.31. The Hall–Kier alpha value is -1.76. The number of rotatable bonds is 1. The summed E-state index contributed by atoms with van der Waals surface area (Å²) >= 11 is 5.61. The second-order valence-electron chi connectivity index (χ2n) is 6.86. The van der Waals surface area contributed by atoms with Gasteiger partial charge in [-0.25, -0.2) is 0 Å². The van der Waals surface area contributed by atoms with Crippen molar-refractivity contribution in [2.75, 3.05) is 26.2 Å². The average molecular weight is 375 g/mol. The molecule has 25 heavy (non-hydrogen) atoms. The maximum absolute atomic E-state index is 13.0. The van der Waals surface area contributed by atoms with E-state index in [0.717, 1.165) is 25.0 Å². The highest BCUT2D eigenvalue weighted by Gasteiger charge is 2.45. The summed E-state index contributed by atoms with van der Waals surface area (Å²) in [5.41, 5.74) is -1.16. The minimum Gasteiger partial charge on any atom is -0.342 e. The van der Waals surface area contributed by atoms with E-state index in [2.05, 4.69) is 0 Å². The third-order valence-corrected chi connectivity index (χ3v) is 5.46. The Morgan fingerprint density at radius 1 is 1.12 bits per heavy atom. The van der Waals surface area contributed by atoms with E-state index in [-0.39, 0.29) is 16.9 Å². The van der Waals surface area contributed by atoms with E-state index in [0.29, 0.717) is 26.2 Å². The Morgan fingerprint density at radius 2 is 1.72 bits per heavy atom. The first-order valence-electron chi connectivity index (χ1n) is 8.03. The fourth-order valence-electron chi connectivity index (χ4n) is 3.70. The van der Waals surface area contributed by atoms with Crippen molar-refractivity contribution < 1.29 is 22.8 Å². The topological polar surface area (TPSA) is 40.6 Å². The standard InChI is InChI=1S/C17H18ClF3N2O2/c1-11(24)22-6-4-16(9-22)5-7-23(10-16)15(25)12-2-3-14(18)13(8-12)17(19,20)21/h2-3,8H,4-7,9-10H2,1H3. The summed E-state index contributed by atoms with van der Waals surface area (Å²) in [4.78, 5) is 27.5. The molecule has 1 aromatic carbocycles. The SMILES string of the molecule is CC(=O)N1CCC2(CCN(C(=O)c3ccc(Cl)c(C(F)(F)F)c3)C2)C1. The van der Waals surface area contributed by atoms with Crippen LogP contribution in [0.3, 0.4) is 0 Å². The van der Waals surface area contributed by atoms with Crippen LogP contribution in [0.5, 0.6) is 0 Å². The molecule has 2 aliphatic rings. The quantitative estimate of drug-likeness (QED) is 0.755. The summed E-state index contributed by atoms with van der Waals surface area (Å²) in [7, 11) is 0. The zero-order valence-corrected chi connectivity index (χ0v) is 14.5. The average Bonchev–Trinajstić information content (AvgIpc) is 3.14. The van der Waals surface area contributed by atoms with Crippen LogP contribution < -0.4 is 0 Å². The van der Waals surface area contributed by atoms with Gasteiger partial charge in [0.05, 0.1) is 10.6 Å². The number of halogens is 4. The lowest BCUT2D eigenvalue weighted by molar-refractivity contribution is -0.137. The Morgan fingerprint density at radius 3 is 2.28 bits per heavy atom. The molecule has 2 heterocycles. The summed E-state index contributed by atoms with van der Waals surface area (Å²) in [5, 5.41) is -0.421. The van der Waals surface area contributed by atoms with Crippen molar-refractivity contribution in [3.8, 4) is 0 Å². The van der Waals surface area contributed by atoms with Crippen LogP contribution in [0, 0.1) is 5.41 Å². The first-order chi connectivity index (χ1) is 11.6. The molecular formula is C17H18ClF3N2O2. The molecule has 0 bridgehead atoms. The molecule has 0 aliphatic carbocycles. The van der Waals surface area contributed by atoms with Crippen LogP contribution in [0.4, 0.5) is 13.2 Å². The van der Waals surface area contributed by atoms with Crippen LogP contribution in [0.2, 0.25) is 5.02 Å². The molecule has 136 valence electrons. The molecule has 1 aromatic rings. The summed E-state index contributed by atoms with van der Waals surface area (Å²) in [6.45, 7) is 3.72. The number of nitrogens with zero attached hydrogens (tertiary/aromatic N) is 2. The first kappa shape index (κ1) is 18.0. The minimum atomic E-state index is -4.60. The van der Waals surface area contributed by atoms with Gasteiger partial charge in [0.1, 0.15) is 0 Å². The van der Waals surface area contributed by atoms with Gasteiger partial charge in [-0.2, -0.15) is 13.2 Å². The maximum atomic E-state index is 13.0. The molecule has 2 fully saturated rings. The molecule has 0 saturated carbocycles. The van der Waals surface area contributed by atoms with Crippen LogP contribution in [-0.4, -0.2) is 47.8 Å². The molecule has 8 heteroatoms. The zero-order valence-electron chi connectivity index (χ0n) is 13.7. The van der Waals surface area contributed by atoms with E-state index in [1.54, 1.807) is 9.80 Å². The van der Waals surface area contributed by atoms with Gasteiger partial charge in [0.25, 0.3) is 5.91 Å². The van der Waals surface area contributed by atoms with Crippen molar-refractivity contribution in [1.29, 1.82) is 0 Å². The number of alkyl halides is 3. The van der Waals surface area contributed by atoms with Crippen LogP contribution in [0.25, 0.3) is 0 Å². The Bertz CT molecular complexity index is 722. The number of likely N-dealkylation sites (tertiary alicyclic amines) is 2. The number of hydrogen-bond donors (Lipinski definition) is 0. The van der Waals surface area contributed by atoms with E-state index in [9.17, 15) is 22.8 Å². The third kappa shape index (κ3) is 3.47. The molecule has 1 spiro atoms. The first-order valence-corrected chi connectivity index (χ1v) is 8.41. The van der Waals surface area contributed by atoms with E-state index < -0.39 is 22.7 Å². The van der Waals surface area contributed by atoms with Crippen LogP contribution in [0.1, 0.15) is 35.7 Å². The predicted octanol–water partition coefficient (Wildman–Crippen LogP) is 3.44. The second-order valence-corrected chi connectivity index (χ2v) is 7.27. The zero-order chi connectivity index (χ0) is 18.4. The summed E-state index contributed by atoms with van der Waals surface area (Å²) in [6, 6.07) is 3.24. The molecule has 2 aliphatic heterocycles. The maximum Gasteiger partial charge on any atom is 0.417 e. The molecule has 1 unspecified atom stereocenters. The van der Waals surface area contributed by atoms with Gasteiger partial charge in [-0.05, 0) is 31.0 Å². The van der Waals surface area contributed by atoms with Crippen molar-refractivity contribution >= 4 is 23.4 Å². The molecule has 2 amide bonds. The normalized spacial score (nSPS) is 23.6. The Kier molecular flexibility index (Phi) is 4.47. The van der Waals surface area contributed by atoms with Crippen molar-refractivity contribution in [1.82, 2.24) is 9.80 Å². The van der Waals surface area contributed by atoms with E-state index in [4.69, 9.17) is 11.6 Å². The van der Waals surface area contributed by atoms with Crippen molar-refractivity contribution in [2.45, 2.75) is 25.9 Å². The molecular weight excluding hydrogens is 357 g/mol. The van der Waals surface area contributed by atoms with E-state index in [1.807, 2.05) is 0 Å². The number of hydrogen-bond acceptors (Lipinski definition) is 2. The van der Waals surface area contributed by atoms with Crippen LogP contribution >= 0.6 is 11.6 Å². The van der Waals surface area contributed by atoms with Gasteiger partial charge in [-0.1, -0.05) is 11.6 Å². The van der Waals surface area contributed by atoms with Gasteiger partial charge in [0.2, 0.25) is 5.91 Å². The number of carbonyl (C=O) groups excluding carboxylic acids is 2. The Balaban J connectivity index is 1.76. The number of carbonyl (C=O) groups is 2. The third-order valence-electron chi connectivity index (χ3n) is 5.13. The van der Waals surface area contributed by atoms with Crippen molar-refractivity contribution in [3.63, 3.8) is 0 Å². The highest BCUT2D eigenvalue weighted by atomic mass is 35.5. The highest BCUT2D eigenvalue weighted by Crippen LogP contribution is 2.40.